The maximum Gasteiger partial charge on any atom is 0.193 e. The number of guanidine groups is 1. The molecule has 1 unspecified atom stereocenters. The standard InChI is InChI=1S/C15H29N3O3S/c1-14(2,3)22(19,20)10-7-17-13(16-4)18-8-5-15(11-18)6-9-21-12-15/h5-12H2,1-4H3,(H,16,17). The third-order valence-electron chi connectivity index (χ3n) is 4.72. The lowest BCUT2D eigenvalue weighted by atomic mass is 9.87. The minimum absolute atomic E-state index is 0.123. The molecule has 1 N–H and O–H groups in total. The van der Waals surface area contributed by atoms with Crippen molar-refractivity contribution in [1.82, 2.24) is 10.2 Å². The second-order valence-electron chi connectivity index (χ2n) is 7.38. The van der Waals surface area contributed by atoms with Crippen LogP contribution in [0.5, 0.6) is 0 Å². The summed E-state index contributed by atoms with van der Waals surface area (Å²) >= 11 is 0. The van der Waals surface area contributed by atoms with Crippen LogP contribution in [0.2, 0.25) is 0 Å². The summed E-state index contributed by atoms with van der Waals surface area (Å²) in [5.74, 6) is 0.922. The minimum atomic E-state index is -3.10. The highest BCUT2D eigenvalue weighted by atomic mass is 32.2. The Kier molecular flexibility index (Phi) is 5.06. The van der Waals surface area contributed by atoms with Gasteiger partial charge in [0.2, 0.25) is 0 Å². The second-order valence-corrected chi connectivity index (χ2v) is 10.2. The molecule has 0 saturated carbocycles. The van der Waals surface area contributed by atoms with Crippen molar-refractivity contribution in [2.75, 3.05) is 45.6 Å². The summed E-state index contributed by atoms with van der Waals surface area (Å²) in [7, 11) is -1.36. The molecule has 2 rings (SSSR count). The summed E-state index contributed by atoms with van der Waals surface area (Å²) in [5, 5.41) is 3.20. The number of nitrogens with one attached hydrogen (secondary N) is 1. The number of ether oxygens (including phenoxy) is 1. The second kappa shape index (κ2) is 6.35. The van der Waals surface area contributed by atoms with Crippen LogP contribution < -0.4 is 5.32 Å². The maximum absolute atomic E-state index is 12.1. The number of sulfone groups is 1. The highest BCUT2D eigenvalue weighted by Gasteiger charge is 2.42. The number of nitrogens with zero attached hydrogens (tertiary/aromatic N) is 2. The fourth-order valence-electron chi connectivity index (χ4n) is 3.02. The van der Waals surface area contributed by atoms with Gasteiger partial charge in [0.25, 0.3) is 0 Å². The van der Waals surface area contributed by atoms with Gasteiger partial charge in [0.05, 0.1) is 17.1 Å². The van der Waals surface area contributed by atoms with Crippen molar-refractivity contribution in [2.24, 2.45) is 10.4 Å². The van der Waals surface area contributed by atoms with Crippen molar-refractivity contribution in [3.8, 4) is 0 Å². The van der Waals surface area contributed by atoms with Gasteiger partial charge in [-0.15, -0.1) is 0 Å². The van der Waals surface area contributed by atoms with Crippen LogP contribution in [0, 0.1) is 5.41 Å². The molecule has 2 aliphatic rings. The molecule has 0 aromatic carbocycles. The molecular formula is C15H29N3O3S. The molecule has 0 aromatic rings. The average molecular weight is 331 g/mol. The third-order valence-corrected chi connectivity index (χ3v) is 7.33. The van der Waals surface area contributed by atoms with Gasteiger partial charge in [0.1, 0.15) is 0 Å². The molecule has 2 saturated heterocycles. The molecule has 2 heterocycles. The first kappa shape index (κ1) is 17.5. The number of hydrogen-bond acceptors (Lipinski definition) is 4. The van der Waals surface area contributed by atoms with Crippen molar-refractivity contribution >= 4 is 15.8 Å². The molecule has 0 aliphatic carbocycles. The van der Waals surface area contributed by atoms with E-state index in [9.17, 15) is 8.42 Å². The van der Waals surface area contributed by atoms with Gasteiger partial charge >= 0.3 is 0 Å². The van der Waals surface area contributed by atoms with Crippen molar-refractivity contribution in [1.29, 1.82) is 0 Å². The van der Waals surface area contributed by atoms with E-state index < -0.39 is 14.6 Å². The Balaban J connectivity index is 1.87. The van der Waals surface area contributed by atoms with E-state index in [0.29, 0.717) is 6.54 Å². The number of hydrogen-bond donors (Lipinski definition) is 1. The van der Waals surface area contributed by atoms with Crippen LogP contribution in [0.3, 0.4) is 0 Å². The molecular weight excluding hydrogens is 302 g/mol. The molecule has 0 amide bonds. The summed E-state index contributed by atoms with van der Waals surface area (Å²) in [4.78, 5) is 6.52. The first-order valence-corrected chi connectivity index (χ1v) is 9.60. The number of rotatable bonds is 3. The smallest absolute Gasteiger partial charge is 0.193 e. The normalized spacial score (nSPS) is 26.9. The molecule has 22 heavy (non-hydrogen) atoms. The predicted molar refractivity (Wildman–Crippen MR) is 89.0 cm³/mol. The number of aliphatic imine (C=N–C) groups is 1. The van der Waals surface area contributed by atoms with Gasteiger partial charge in [-0.2, -0.15) is 0 Å². The Morgan fingerprint density at radius 3 is 2.64 bits per heavy atom. The zero-order valence-corrected chi connectivity index (χ0v) is 15.0. The van der Waals surface area contributed by atoms with Gasteiger partial charge < -0.3 is 15.0 Å². The van der Waals surface area contributed by atoms with E-state index in [0.717, 1.165) is 45.1 Å². The fourth-order valence-corrected chi connectivity index (χ4v) is 4.01. The zero-order chi connectivity index (χ0) is 16.4. The molecule has 0 bridgehead atoms. The van der Waals surface area contributed by atoms with Gasteiger partial charge in [-0.25, -0.2) is 8.42 Å². The highest BCUT2D eigenvalue weighted by Crippen LogP contribution is 2.38. The van der Waals surface area contributed by atoms with Crippen LogP contribution >= 0.6 is 0 Å². The molecule has 0 radical (unpaired) electrons. The lowest BCUT2D eigenvalue weighted by molar-refractivity contribution is 0.156. The fraction of sp³-hybridized carbons (Fsp3) is 0.933. The predicted octanol–water partition coefficient (Wildman–Crippen LogP) is 0.888. The van der Waals surface area contributed by atoms with E-state index in [-0.39, 0.29) is 11.2 Å². The van der Waals surface area contributed by atoms with E-state index >= 15 is 0 Å². The van der Waals surface area contributed by atoms with Crippen LogP contribution in [0.25, 0.3) is 0 Å². The lowest BCUT2D eigenvalue weighted by Crippen LogP contribution is -2.44. The molecule has 6 nitrogen and oxygen atoms in total. The van der Waals surface area contributed by atoms with Crippen molar-refractivity contribution in [3.63, 3.8) is 0 Å². The SMILES string of the molecule is CN=C(NCCS(=O)(=O)C(C)(C)C)N1CCC2(CCOC2)C1. The van der Waals surface area contributed by atoms with Crippen molar-refractivity contribution in [3.05, 3.63) is 0 Å². The first-order valence-electron chi connectivity index (χ1n) is 7.95. The van der Waals surface area contributed by atoms with E-state index in [1.54, 1.807) is 27.8 Å². The Hall–Kier alpha value is -0.820. The molecule has 2 fully saturated rings. The van der Waals surface area contributed by atoms with Gasteiger partial charge in [-0.3, -0.25) is 4.99 Å². The van der Waals surface area contributed by atoms with E-state index in [2.05, 4.69) is 15.2 Å². The van der Waals surface area contributed by atoms with Crippen LogP contribution in [0.15, 0.2) is 4.99 Å². The summed E-state index contributed by atoms with van der Waals surface area (Å²) in [6.07, 6.45) is 2.23. The minimum Gasteiger partial charge on any atom is -0.381 e. The van der Waals surface area contributed by atoms with E-state index in [1.807, 2.05) is 0 Å². The summed E-state index contributed by atoms with van der Waals surface area (Å²) in [6.45, 7) is 9.19. The summed E-state index contributed by atoms with van der Waals surface area (Å²) in [5.41, 5.74) is 0.273. The van der Waals surface area contributed by atoms with Gasteiger partial charge in [0.15, 0.2) is 15.8 Å². The Bertz CT molecular complexity index is 517. The summed E-state index contributed by atoms with van der Waals surface area (Å²) < 4.78 is 29.1. The Labute approximate surface area is 134 Å². The third kappa shape index (κ3) is 3.74. The van der Waals surface area contributed by atoms with Gasteiger partial charge in [0, 0.05) is 38.7 Å². The molecule has 128 valence electrons. The van der Waals surface area contributed by atoms with E-state index in [1.165, 1.54) is 0 Å². The maximum atomic E-state index is 12.1. The van der Waals surface area contributed by atoms with Crippen LogP contribution in [-0.2, 0) is 14.6 Å². The molecule has 1 atom stereocenters. The van der Waals surface area contributed by atoms with Crippen LogP contribution in [0.4, 0.5) is 0 Å². The van der Waals surface area contributed by atoms with E-state index in [4.69, 9.17) is 4.74 Å². The average Bonchev–Trinajstić information content (AvgIpc) is 3.04. The largest absolute Gasteiger partial charge is 0.381 e. The topological polar surface area (TPSA) is 71.0 Å². The highest BCUT2D eigenvalue weighted by molar-refractivity contribution is 7.92. The van der Waals surface area contributed by atoms with Crippen molar-refractivity contribution < 1.29 is 13.2 Å². The molecule has 1 spiro atoms. The molecule has 7 heteroatoms. The zero-order valence-electron chi connectivity index (χ0n) is 14.2. The molecule has 2 aliphatic heterocycles. The first-order chi connectivity index (χ1) is 10.2. The number of likely N-dealkylation sites (tertiary alicyclic amines) is 1. The van der Waals surface area contributed by atoms with Crippen LogP contribution in [-0.4, -0.2) is 69.7 Å². The Morgan fingerprint density at radius 1 is 1.36 bits per heavy atom. The summed E-state index contributed by atoms with van der Waals surface area (Å²) in [6, 6.07) is 0. The van der Waals surface area contributed by atoms with Crippen LogP contribution in [0.1, 0.15) is 33.6 Å². The van der Waals surface area contributed by atoms with Crippen molar-refractivity contribution in [2.45, 2.75) is 38.4 Å². The Morgan fingerprint density at radius 2 is 2.09 bits per heavy atom. The van der Waals surface area contributed by atoms with Gasteiger partial charge in [-0.05, 0) is 33.6 Å². The molecule has 0 aromatic heterocycles. The quantitative estimate of drug-likeness (QED) is 0.614. The van der Waals surface area contributed by atoms with Gasteiger partial charge in [-0.1, -0.05) is 0 Å². The monoisotopic (exact) mass is 331 g/mol. The lowest BCUT2D eigenvalue weighted by Gasteiger charge is -2.25.